The predicted molar refractivity (Wildman–Crippen MR) is 82.8 cm³/mol. The second-order valence-electron chi connectivity index (χ2n) is 6.55. The molecule has 1 aromatic rings. The maximum Gasteiger partial charge on any atom is 0.0278 e. The Hall–Kier alpha value is -0.380. The molecule has 1 aliphatic carbocycles. The lowest BCUT2D eigenvalue weighted by atomic mass is 9.92. The van der Waals surface area contributed by atoms with Gasteiger partial charge in [-0.2, -0.15) is 11.3 Å². The van der Waals surface area contributed by atoms with E-state index in [-0.39, 0.29) is 0 Å². The van der Waals surface area contributed by atoms with Crippen LogP contribution in [0.25, 0.3) is 0 Å². The molecule has 1 saturated heterocycles. The normalized spacial score (nSPS) is 32.6. The van der Waals surface area contributed by atoms with Crippen molar-refractivity contribution in [2.24, 2.45) is 5.92 Å². The van der Waals surface area contributed by atoms with Crippen molar-refractivity contribution in [1.29, 1.82) is 0 Å². The number of hydrogen-bond donors (Lipinski definition) is 1. The number of nitrogens with zero attached hydrogens (tertiary/aromatic N) is 1. The summed E-state index contributed by atoms with van der Waals surface area (Å²) in [5.41, 5.74) is 1.83. The molecule has 1 N–H and O–H groups in total. The number of rotatable bonds is 5. The Balaban J connectivity index is 1.63. The molecule has 1 aliphatic heterocycles. The van der Waals surface area contributed by atoms with Crippen LogP contribution in [0.3, 0.4) is 0 Å². The van der Waals surface area contributed by atoms with Crippen molar-refractivity contribution in [3.05, 3.63) is 22.4 Å². The van der Waals surface area contributed by atoms with Gasteiger partial charge in [-0.15, -0.1) is 0 Å². The topological polar surface area (TPSA) is 15.3 Å². The number of thiophene rings is 1. The van der Waals surface area contributed by atoms with Crippen LogP contribution in [-0.4, -0.2) is 36.1 Å². The second kappa shape index (κ2) is 5.55. The predicted octanol–water partition coefficient (Wildman–Crippen LogP) is 3.14. The van der Waals surface area contributed by atoms with Crippen LogP contribution in [0.5, 0.6) is 0 Å². The van der Waals surface area contributed by atoms with Crippen molar-refractivity contribution in [2.45, 2.75) is 51.1 Å². The first-order chi connectivity index (χ1) is 9.20. The summed E-state index contributed by atoms with van der Waals surface area (Å²) in [5, 5.41) is 8.30. The smallest absolute Gasteiger partial charge is 0.0278 e. The van der Waals surface area contributed by atoms with E-state index in [0.29, 0.717) is 5.54 Å². The zero-order valence-corrected chi connectivity index (χ0v) is 13.0. The standard InChI is InChI=1S/C16H26N2S/c1-3-16(2)12-18(8-6-13-7-9-19-11-13)15(10-17-16)14-4-5-14/h7,9,11,14-15,17H,3-6,8,10,12H2,1-2H3. The summed E-state index contributed by atoms with van der Waals surface area (Å²) in [6, 6.07) is 3.07. The van der Waals surface area contributed by atoms with E-state index in [0.717, 1.165) is 12.0 Å². The minimum atomic E-state index is 0.319. The molecule has 19 heavy (non-hydrogen) atoms. The van der Waals surface area contributed by atoms with Gasteiger partial charge in [-0.05, 0) is 60.9 Å². The first-order valence-corrected chi connectivity index (χ1v) is 8.64. The highest BCUT2D eigenvalue weighted by atomic mass is 32.1. The third-order valence-electron chi connectivity index (χ3n) is 4.97. The molecule has 2 atom stereocenters. The molecular weight excluding hydrogens is 252 g/mol. The fourth-order valence-corrected chi connectivity index (χ4v) is 3.94. The van der Waals surface area contributed by atoms with Crippen LogP contribution >= 0.6 is 11.3 Å². The highest BCUT2D eigenvalue weighted by Crippen LogP contribution is 2.37. The summed E-state index contributed by atoms with van der Waals surface area (Å²) >= 11 is 1.82. The van der Waals surface area contributed by atoms with E-state index in [4.69, 9.17) is 0 Å². The van der Waals surface area contributed by atoms with Crippen LogP contribution in [0, 0.1) is 5.92 Å². The van der Waals surface area contributed by atoms with Gasteiger partial charge in [-0.1, -0.05) is 6.92 Å². The number of piperazine rings is 1. The van der Waals surface area contributed by atoms with E-state index in [2.05, 4.69) is 40.9 Å². The van der Waals surface area contributed by atoms with E-state index in [9.17, 15) is 0 Å². The number of hydrogen-bond acceptors (Lipinski definition) is 3. The summed E-state index contributed by atoms with van der Waals surface area (Å²) in [5.74, 6) is 0.969. The lowest BCUT2D eigenvalue weighted by molar-refractivity contribution is 0.0739. The molecule has 2 nitrogen and oxygen atoms in total. The van der Waals surface area contributed by atoms with Crippen LogP contribution < -0.4 is 5.32 Å². The van der Waals surface area contributed by atoms with Gasteiger partial charge in [0.15, 0.2) is 0 Å². The average Bonchev–Trinajstić information content (AvgIpc) is 3.12. The van der Waals surface area contributed by atoms with Gasteiger partial charge in [-0.25, -0.2) is 0 Å². The van der Waals surface area contributed by atoms with Crippen LogP contribution in [0.15, 0.2) is 16.8 Å². The molecule has 2 heterocycles. The zero-order chi connectivity index (χ0) is 13.3. The van der Waals surface area contributed by atoms with Crippen molar-refractivity contribution < 1.29 is 0 Å². The highest BCUT2D eigenvalue weighted by molar-refractivity contribution is 7.07. The molecule has 2 unspecified atom stereocenters. The molecule has 0 bridgehead atoms. The van der Waals surface area contributed by atoms with E-state index >= 15 is 0 Å². The van der Waals surface area contributed by atoms with Crippen molar-refractivity contribution in [3.63, 3.8) is 0 Å². The van der Waals surface area contributed by atoms with Crippen LogP contribution in [0.4, 0.5) is 0 Å². The van der Waals surface area contributed by atoms with E-state index in [1.807, 2.05) is 11.3 Å². The van der Waals surface area contributed by atoms with E-state index in [1.54, 1.807) is 0 Å². The SMILES string of the molecule is CCC1(C)CN(CCc2ccsc2)C(C2CC2)CN1. The molecule has 2 aliphatic rings. The minimum absolute atomic E-state index is 0.319. The monoisotopic (exact) mass is 278 g/mol. The molecule has 1 saturated carbocycles. The maximum absolute atomic E-state index is 3.80. The fourth-order valence-electron chi connectivity index (χ4n) is 3.24. The van der Waals surface area contributed by atoms with E-state index in [1.165, 1.54) is 50.9 Å². The highest BCUT2D eigenvalue weighted by Gasteiger charge is 2.41. The lowest BCUT2D eigenvalue weighted by Gasteiger charge is -2.46. The third kappa shape index (κ3) is 3.21. The van der Waals surface area contributed by atoms with Crippen molar-refractivity contribution >= 4 is 11.3 Å². The maximum atomic E-state index is 3.80. The lowest BCUT2D eigenvalue weighted by Crippen LogP contribution is -2.63. The van der Waals surface area contributed by atoms with Gasteiger partial charge in [0, 0.05) is 31.2 Å². The Kier molecular flexibility index (Phi) is 3.97. The van der Waals surface area contributed by atoms with Crippen molar-refractivity contribution in [2.75, 3.05) is 19.6 Å². The van der Waals surface area contributed by atoms with Gasteiger partial charge in [0.1, 0.15) is 0 Å². The number of nitrogens with one attached hydrogen (secondary N) is 1. The first kappa shape index (κ1) is 13.6. The van der Waals surface area contributed by atoms with Gasteiger partial charge in [0.2, 0.25) is 0 Å². The Bertz CT molecular complexity index is 399. The summed E-state index contributed by atoms with van der Waals surface area (Å²) in [6.07, 6.45) is 5.33. The summed E-state index contributed by atoms with van der Waals surface area (Å²) in [6.45, 7) is 8.33. The minimum Gasteiger partial charge on any atom is -0.309 e. The molecule has 1 aromatic heterocycles. The van der Waals surface area contributed by atoms with Crippen molar-refractivity contribution in [3.8, 4) is 0 Å². The molecule has 2 fully saturated rings. The van der Waals surface area contributed by atoms with Crippen LogP contribution in [0.2, 0.25) is 0 Å². The average molecular weight is 278 g/mol. The summed E-state index contributed by atoms with van der Waals surface area (Å²) in [4.78, 5) is 2.77. The Morgan fingerprint density at radius 2 is 2.32 bits per heavy atom. The van der Waals surface area contributed by atoms with Crippen molar-refractivity contribution in [1.82, 2.24) is 10.2 Å². The molecule has 0 spiro atoms. The molecule has 3 heteroatoms. The fraction of sp³-hybridized carbons (Fsp3) is 0.750. The second-order valence-corrected chi connectivity index (χ2v) is 7.33. The quantitative estimate of drug-likeness (QED) is 0.890. The van der Waals surface area contributed by atoms with Crippen LogP contribution in [0.1, 0.15) is 38.7 Å². The molecule has 0 amide bonds. The summed E-state index contributed by atoms with van der Waals surface area (Å²) < 4.78 is 0. The Labute approximate surface area is 121 Å². The Morgan fingerprint density at radius 3 is 2.95 bits per heavy atom. The molecule has 0 aromatic carbocycles. The summed E-state index contributed by atoms with van der Waals surface area (Å²) in [7, 11) is 0. The van der Waals surface area contributed by atoms with Gasteiger partial charge in [0.25, 0.3) is 0 Å². The van der Waals surface area contributed by atoms with Gasteiger partial charge in [0.05, 0.1) is 0 Å². The molecule has 0 radical (unpaired) electrons. The van der Waals surface area contributed by atoms with Gasteiger partial charge in [-0.3, -0.25) is 4.90 Å². The molecule has 106 valence electrons. The van der Waals surface area contributed by atoms with E-state index < -0.39 is 0 Å². The van der Waals surface area contributed by atoms with Crippen LogP contribution in [-0.2, 0) is 6.42 Å². The van der Waals surface area contributed by atoms with Gasteiger partial charge < -0.3 is 5.32 Å². The first-order valence-electron chi connectivity index (χ1n) is 7.70. The molecular formula is C16H26N2S. The third-order valence-corrected chi connectivity index (χ3v) is 5.71. The zero-order valence-electron chi connectivity index (χ0n) is 12.2. The Morgan fingerprint density at radius 1 is 1.47 bits per heavy atom. The van der Waals surface area contributed by atoms with Gasteiger partial charge >= 0.3 is 0 Å². The molecule has 3 rings (SSSR count). The largest absolute Gasteiger partial charge is 0.309 e.